The van der Waals surface area contributed by atoms with Crippen molar-refractivity contribution in [3.63, 3.8) is 0 Å². The quantitative estimate of drug-likeness (QED) is 0.898. The number of aryl methyl sites for hydroxylation is 2. The number of nitrogens with zero attached hydrogens (tertiary/aromatic N) is 1. The van der Waals surface area contributed by atoms with Gasteiger partial charge in [-0.25, -0.2) is 0 Å². The molecule has 3 heteroatoms. The Morgan fingerprint density at radius 3 is 2.67 bits per heavy atom. The second kappa shape index (κ2) is 4.95. The molecule has 18 heavy (non-hydrogen) atoms. The molecule has 2 atom stereocenters. The highest BCUT2D eigenvalue weighted by atomic mass is 32.1. The summed E-state index contributed by atoms with van der Waals surface area (Å²) in [5.74, 6) is 0. The van der Waals surface area contributed by atoms with E-state index < -0.39 is 0 Å². The number of hydrogen-bond donors (Lipinski definition) is 1. The van der Waals surface area contributed by atoms with E-state index in [1.165, 1.54) is 42.1 Å². The van der Waals surface area contributed by atoms with Crippen LogP contribution in [0.15, 0.2) is 6.07 Å². The molecule has 0 amide bonds. The van der Waals surface area contributed by atoms with Crippen molar-refractivity contribution in [2.45, 2.75) is 58.2 Å². The number of hydrogen-bond acceptors (Lipinski definition) is 3. The van der Waals surface area contributed by atoms with Gasteiger partial charge in [0, 0.05) is 41.0 Å². The van der Waals surface area contributed by atoms with Gasteiger partial charge in [0.05, 0.1) is 0 Å². The van der Waals surface area contributed by atoms with Crippen LogP contribution in [0.1, 0.15) is 47.5 Å². The van der Waals surface area contributed by atoms with Crippen LogP contribution in [0.2, 0.25) is 0 Å². The maximum Gasteiger partial charge on any atom is 0.0331 e. The normalized spacial score (nSPS) is 26.7. The molecule has 1 aromatic heterocycles. The van der Waals surface area contributed by atoms with Crippen LogP contribution < -0.4 is 5.32 Å². The number of rotatable bonds is 4. The fourth-order valence-electron chi connectivity index (χ4n) is 3.12. The van der Waals surface area contributed by atoms with Crippen molar-refractivity contribution in [2.24, 2.45) is 0 Å². The van der Waals surface area contributed by atoms with Crippen LogP contribution in [-0.2, 0) is 0 Å². The van der Waals surface area contributed by atoms with Gasteiger partial charge in [-0.3, -0.25) is 4.90 Å². The summed E-state index contributed by atoms with van der Waals surface area (Å²) in [5.41, 5.74) is 1.55. The third-order valence-corrected chi connectivity index (χ3v) is 5.33. The summed E-state index contributed by atoms with van der Waals surface area (Å²) >= 11 is 1.94. The monoisotopic (exact) mass is 264 g/mol. The summed E-state index contributed by atoms with van der Waals surface area (Å²) in [6, 6.07) is 4.54. The zero-order valence-corrected chi connectivity index (χ0v) is 12.5. The lowest BCUT2D eigenvalue weighted by molar-refractivity contribution is 0.255. The largest absolute Gasteiger partial charge is 0.310 e. The van der Waals surface area contributed by atoms with Crippen molar-refractivity contribution < 1.29 is 0 Å². The number of likely N-dealkylation sites (tertiary alicyclic amines) is 1. The zero-order chi connectivity index (χ0) is 12.7. The summed E-state index contributed by atoms with van der Waals surface area (Å²) in [5, 5.41) is 3.77. The first kappa shape index (κ1) is 12.6. The van der Waals surface area contributed by atoms with Gasteiger partial charge in [0.15, 0.2) is 0 Å². The molecule has 2 unspecified atom stereocenters. The lowest BCUT2D eigenvalue weighted by Gasteiger charge is -2.24. The third kappa shape index (κ3) is 2.63. The summed E-state index contributed by atoms with van der Waals surface area (Å²) in [6.07, 6.45) is 4.12. The van der Waals surface area contributed by atoms with Crippen molar-refractivity contribution in [3.05, 3.63) is 21.4 Å². The summed E-state index contributed by atoms with van der Waals surface area (Å²) in [6.45, 7) is 9.33. The second-order valence-electron chi connectivity index (χ2n) is 5.97. The average Bonchev–Trinajstić information content (AvgIpc) is 2.89. The minimum absolute atomic E-state index is 0.584. The van der Waals surface area contributed by atoms with Crippen molar-refractivity contribution >= 4 is 11.3 Å². The fraction of sp³-hybridized carbons (Fsp3) is 0.733. The van der Waals surface area contributed by atoms with Crippen LogP contribution >= 0.6 is 11.3 Å². The Labute approximate surface area is 114 Å². The van der Waals surface area contributed by atoms with Crippen molar-refractivity contribution in [1.29, 1.82) is 0 Å². The lowest BCUT2D eigenvalue weighted by Crippen LogP contribution is -2.34. The van der Waals surface area contributed by atoms with Gasteiger partial charge in [-0.2, -0.15) is 0 Å². The van der Waals surface area contributed by atoms with Crippen LogP contribution in [0.25, 0.3) is 0 Å². The Hall–Kier alpha value is -0.380. The molecule has 2 nitrogen and oxygen atoms in total. The topological polar surface area (TPSA) is 15.3 Å². The van der Waals surface area contributed by atoms with E-state index in [0.717, 1.165) is 12.1 Å². The highest BCUT2D eigenvalue weighted by molar-refractivity contribution is 7.12. The first-order valence-electron chi connectivity index (χ1n) is 7.20. The Morgan fingerprint density at radius 2 is 2.06 bits per heavy atom. The zero-order valence-electron chi connectivity index (χ0n) is 11.7. The molecule has 0 aromatic carbocycles. The maximum absolute atomic E-state index is 3.77. The van der Waals surface area contributed by atoms with Gasteiger partial charge >= 0.3 is 0 Å². The van der Waals surface area contributed by atoms with Crippen LogP contribution in [0, 0.1) is 13.8 Å². The number of nitrogens with one attached hydrogen (secondary N) is 1. The highest BCUT2D eigenvalue weighted by Gasteiger charge is 2.31. The Morgan fingerprint density at radius 1 is 1.28 bits per heavy atom. The first-order chi connectivity index (χ1) is 8.63. The molecule has 2 heterocycles. The molecule has 2 aliphatic rings. The van der Waals surface area contributed by atoms with Crippen molar-refractivity contribution in [1.82, 2.24) is 10.2 Å². The smallest absolute Gasteiger partial charge is 0.0331 e. The predicted molar refractivity (Wildman–Crippen MR) is 78.3 cm³/mol. The second-order valence-corrected chi connectivity index (χ2v) is 7.43. The van der Waals surface area contributed by atoms with Crippen LogP contribution in [0.3, 0.4) is 0 Å². The van der Waals surface area contributed by atoms with E-state index in [1.807, 2.05) is 11.3 Å². The molecule has 1 saturated heterocycles. The third-order valence-electron chi connectivity index (χ3n) is 4.35. The van der Waals surface area contributed by atoms with Crippen molar-refractivity contribution in [2.75, 3.05) is 13.1 Å². The minimum Gasteiger partial charge on any atom is -0.310 e. The summed E-state index contributed by atoms with van der Waals surface area (Å²) in [4.78, 5) is 5.59. The molecular formula is C15H24N2S. The van der Waals surface area contributed by atoms with E-state index in [0.29, 0.717) is 6.04 Å². The van der Waals surface area contributed by atoms with Crippen LogP contribution in [0.4, 0.5) is 0 Å². The lowest BCUT2D eigenvalue weighted by atomic mass is 10.1. The first-order valence-corrected chi connectivity index (χ1v) is 8.02. The molecule has 1 N–H and O–H groups in total. The molecule has 100 valence electrons. The average molecular weight is 264 g/mol. The summed E-state index contributed by atoms with van der Waals surface area (Å²) in [7, 11) is 0. The van der Waals surface area contributed by atoms with Crippen molar-refractivity contribution in [3.8, 4) is 0 Å². The minimum atomic E-state index is 0.584. The Bertz CT molecular complexity index is 422. The van der Waals surface area contributed by atoms with Crippen LogP contribution in [-0.4, -0.2) is 30.1 Å². The standard InChI is InChI=1S/C15H24N2S/c1-10-8-15(12(3)18-10)11(2)17-7-6-14(9-17)16-13-4-5-13/h8,11,13-14,16H,4-7,9H2,1-3H3. The molecule has 1 aromatic rings. The van der Waals surface area contributed by atoms with E-state index in [9.17, 15) is 0 Å². The summed E-state index contributed by atoms with van der Waals surface area (Å²) < 4.78 is 0. The van der Waals surface area contributed by atoms with Gasteiger partial charge in [0.25, 0.3) is 0 Å². The molecule has 1 aliphatic carbocycles. The highest BCUT2D eigenvalue weighted by Crippen LogP contribution is 2.32. The molecule has 1 aliphatic heterocycles. The molecule has 0 radical (unpaired) electrons. The Kier molecular flexibility index (Phi) is 3.48. The molecule has 2 fully saturated rings. The van der Waals surface area contributed by atoms with Gasteiger partial charge in [-0.05, 0) is 51.7 Å². The van der Waals surface area contributed by atoms with Gasteiger partial charge < -0.3 is 5.32 Å². The van der Waals surface area contributed by atoms with E-state index in [4.69, 9.17) is 0 Å². The molecule has 0 spiro atoms. The van der Waals surface area contributed by atoms with E-state index >= 15 is 0 Å². The van der Waals surface area contributed by atoms with Gasteiger partial charge in [0.1, 0.15) is 0 Å². The molecule has 3 rings (SSSR count). The van der Waals surface area contributed by atoms with E-state index in [2.05, 4.69) is 37.1 Å². The fourth-order valence-corrected chi connectivity index (χ4v) is 4.14. The van der Waals surface area contributed by atoms with Gasteiger partial charge in [-0.1, -0.05) is 0 Å². The SMILES string of the molecule is Cc1cc(C(C)N2CCC(NC3CC3)C2)c(C)s1. The van der Waals surface area contributed by atoms with Gasteiger partial charge in [-0.15, -0.1) is 11.3 Å². The van der Waals surface area contributed by atoms with E-state index in [1.54, 1.807) is 5.56 Å². The number of thiophene rings is 1. The Balaban J connectivity index is 1.62. The maximum atomic E-state index is 3.77. The van der Waals surface area contributed by atoms with E-state index in [-0.39, 0.29) is 0 Å². The van der Waals surface area contributed by atoms with Crippen LogP contribution in [0.5, 0.6) is 0 Å². The predicted octanol–water partition coefficient (Wildman–Crippen LogP) is 3.25. The molecular weight excluding hydrogens is 240 g/mol. The molecule has 1 saturated carbocycles. The molecule has 0 bridgehead atoms. The van der Waals surface area contributed by atoms with Gasteiger partial charge in [0.2, 0.25) is 0 Å².